The molecular formula is C13H13N3O4S. The van der Waals surface area contributed by atoms with Gasteiger partial charge in [0, 0.05) is 11.8 Å². The quantitative estimate of drug-likeness (QED) is 0.500. The van der Waals surface area contributed by atoms with E-state index in [4.69, 9.17) is 11.5 Å². The number of anilines is 2. The fraction of sp³-hybridized carbons (Fsp3) is 0. The number of sulfone groups is 1. The third kappa shape index (κ3) is 3.06. The van der Waals surface area contributed by atoms with Crippen molar-refractivity contribution in [2.75, 3.05) is 11.1 Å². The van der Waals surface area contributed by atoms with Gasteiger partial charge in [-0.25, -0.2) is 13.2 Å². The van der Waals surface area contributed by atoms with Gasteiger partial charge in [-0.15, -0.1) is 0 Å². The van der Waals surface area contributed by atoms with Gasteiger partial charge in [0.1, 0.15) is 5.75 Å². The second-order valence-corrected chi connectivity index (χ2v) is 6.19. The molecule has 0 heterocycles. The van der Waals surface area contributed by atoms with Gasteiger partial charge in [0.05, 0.1) is 15.5 Å². The number of urea groups is 1. The molecule has 2 amide bonds. The highest BCUT2D eigenvalue weighted by Crippen LogP contribution is 2.28. The van der Waals surface area contributed by atoms with E-state index in [0.29, 0.717) is 5.69 Å². The lowest BCUT2D eigenvalue weighted by Crippen LogP contribution is -2.19. The summed E-state index contributed by atoms with van der Waals surface area (Å²) in [6, 6.07) is 8.44. The number of primary amides is 1. The molecule has 0 unspecified atom stereocenters. The molecule has 6 N–H and O–H groups in total. The molecule has 2 aromatic rings. The van der Waals surface area contributed by atoms with E-state index in [-0.39, 0.29) is 21.2 Å². The number of phenols is 1. The maximum absolute atomic E-state index is 12.4. The number of carbonyl (C=O) groups excluding carboxylic acids is 1. The molecule has 2 rings (SSSR count). The molecule has 110 valence electrons. The van der Waals surface area contributed by atoms with Crippen LogP contribution in [0, 0.1) is 0 Å². The molecule has 0 aliphatic rings. The van der Waals surface area contributed by atoms with Gasteiger partial charge in [0.15, 0.2) is 0 Å². The van der Waals surface area contributed by atoms with E-state index in [0.717, 1.165) is 6.07 Å². The minimum absolute atomic E-state index is 0.0155. The molecule has 2 aromatic carbocycles. The first-order valence-electron chi connectivity index (χ1n) is 5.81. The molecule has 0 saturated heterocycles. The summed E-state index contributed by atoms with van der Waals surface area (Å²) in [6.45, 7) is 0. The van der Waals surface area contributed by atoms with E-state index < -0.39 is 15.9 Å². The SMILES string of the molecule is NC(=O)Nc1ccc(S(=O)(=O)c2ccc(N)c(O)c2)cc1. The van der Waals surface area contributed by atoms with Crippen LogP contribution in [0.2, 0.25) is 0 Å². The van der Waals surface area contributed by atoms with Gasteiger partial charge in [0.25, 0.3) is 0 Å². The van der Waals surface area contributed by atoms with E-state index in [1.807, 2.05) is 0 Å². The normalized spacial score (nSPS) is 11.0. The second-order valence-electron chi connectivity index (χ2n) is 4.24. The van der Waals surface area contributed by atoms with Gasteiger partial charge in [-0.05, 0) is 36.4 Å². The van der Waals surface area contributed by atoms with Crippen LogP contribution in [0.3, 0.4) is 0 Å². The molecule has 21 heavy (non-hydrogen) atoms. The smallest absolute Gasteiger partial charge is 0.316 e. The van der Waals surface area contributed by atoms with Crippen molar-refractivity contribution in [1.82, 2.24) is 0 Å². The Hall–Kier alpha value is -2.74. The van der Waals surface area contributed by atoms with Crippen molar-refractivity contribution in [1.29, 1.82) is 0 Å². The average molecular weight is 307 g/mol. The molecule has 0 aromatic heterocycles. The topological polar surface area (TPSA) is 136 Å². The number of phenolic OH excluding ortho intramolecular Hbond substituents is 1. The third-order valence-corrected chi connectivity index (χ3v) is 4.51. The number of amides is 2. The molecule has 7 nitrogen and oxygen atoms in total. The van der Waals surface area contributed by atoms with Crippen LogP contribution >= 0.6 is 0 Å². The molecule has 0 fully saturated rings. The maximum Gasteiger partial charge on any atom is 0.316 e. The molecule has 0 radical (unpaired) electrons. The summed E-state index contributed by atoms with van der Waals surface area (Å²) in [4.78, 5) is 10.6. The van der Waals surface area contributed by atoms with Crippen molar-refractivity contribution in [2.24, 2.45) is 5.73 Å². The van der Waals surface area contributed by atoms with Crippen molar-refractivity contribution in [3.63, 3.8) is 0 Å². The van der Waals surface area contributed by atoms with Gasteiger partial charge in [-0.1, -0.05) is 0 Å². The lowest BCUT2D eigenvalue weighted by molar-refractivity contribution is 0.259. The van der Waals surface area contributed by atoms with Crippen LogP contribution in [0.15, 0.2) is 52.3 Å². The number of aromatic hydroxyl groups is 1. The number of hydrogen-bond acceptors (Lipinski definition) is 5. The molecule has 0 aliphatic heterocycles. The Labute approximate surface area is 121 Å². The maximum atomic E-state index is 12.4. The van der Waals surface area contributed by atoms with E-state index >= 15 is 0 Å². The summed E-state index contributed by atoms with van der Waals surface area (Å²) in [7, 11) is -3.78. The fourth-order valence-corrected chi connectivity index (χ4v) is 2.97. The molecule has 0 atom stereocenters. The van der Waals surface area contributed by atoms with Crippen molar-refractivity contribution in [2.45, 2.75) is 9.79 Å². The Balaban J connectivity index is 2.39. The predicted octanol–water partition coefficient (Wildman–Crippen LogP) is 1.30. The minimum Gasteiger partial charge on any atom is -0.506 e. The van der Waals surface area contributed by atoms with Crippen molar-refractivity contribution < 1.29 is 18.3 Å². The monoisotopic (exact) mass is 307 g/mol. The van der Waals surface area contributed by atoms with Crippen LogP contribution in [-0.2, 0) is 9.84 Å². The fourth-order valence-electron chi connectivity index (χ4n) is 1.69. The van der Waals surface area contributed by atoms with Crippen molar-refractivity contribution >= 4 is 27.2 Å². The molecule has 0 saturated carbocycles. The number of nitrogen functional groups attached to an aromatic ring is 1. The highest BCUT2D eigenvalue weighted by atomic mass is 32.2. The first-order chi connectivity index (χ1) is 9.80. The third-order valence-electron chi connectivity index (χ3n) is 2.74. The summed E-state index contributed by atoms with van der Waals surface area (Å²) < 4.78 is 24.7. The Morgan fingerprint density at radius 2 is 1.62 bits per heavy atom. The number of nitrogens with one attached hydrogen (secondary N) is 1. The first kappa shape index (κ1) is 14.7. The number of nitrogens with two attached hydrogens (primary N) is 2. The van der Waals surface area contributed by atoms with Gasteiger partial charge in [-0.2, -0.15) is 0 Å². The lowest BCUT2D eigenvalue weighted by atomic mass is 10.3. The van der Waals surface area contributed by atoms with Gasteiger partial charge >= 0.3 is 6.03 Å². The summed E-state index contributed by atoms with van der Waals surface area (Å²) in [6.07, 6.45) is 0. The van der Waals surface area contributed by atoms with Crippen LogP contribution in [-0.4, -0.2) is 19.6 Å². The van der Waals surface area contributed by atoms with Crippen LogP contribution in [0.5, 0.6) is 5.75 Å². The van der Waals surface area contributed by atoms with E-state index in [1.54, 1.807) is 0 Å². The van der Waals surface area contributed by atoms with Gasteiger partial charge < -0.3 is 21.9 Å². The van der Waals surface area contributed by atoms with E-state index in [1.165, 1.54) is 36.4 Å². The Kier molecular flexibility index (Phi) is 3.72. The van der Waals surface area contributed by atoms with Crippen LogP contribution in [0.4, 0.5) is 16.2 Å². The van der Waals surface area contributed by atoms with Crippen LogP contribution in [0.25, 0.3) is 0 Å². The number of carbonyl (C=O) groups is 1. The molecule has 8 heteroatoms. The van der Waals surface area contributed by atoms with Gasteiger partial charge in [0.2, 0.25) is 9.84 Å². The van der Waals surface area contributed by atoms with Crippen LogP contribution < -0.4 is 16.8 Å². The summed E-state index contributed by atoms with van der Waals surface area (Å²) >= 11 is 0. The Morgan fingerprint density at radius 1 is 1.05 bits per heavy atom. The van der Waals surface area contributed by atoms with Crippen molar-refractivity contribution in [3.05, 3.63) is 42.5 Å². The molecular weight excluding hydrogens is 294 g/mol. The number of benzene rings is 2. The first-order valence-corrected chi connectivity index (χ1v) is 7.29. The average Bonchev–Trinajstić information content (AvgIpc) is 2.41. The zero-order valence-electron chi connectivity index (χ0n) is 10.8. The highest BCUT2D eigenvalue weighted by molar-refractivity contribution is 7.91. The number of rotatable bonds is 3. The zero-order chi connectivity index (χ0) is 15.6. The van der Waals surface area contributed by atoms with E-state index in [9.17, 15) is 18.3 Å². The highest BCUT2D eigenvalue weighted by Gasteiger charge is 2.18. The van der Waals surface area contributed by atoms with Gasteiger partial charge in [-0.3, -0.25) is 0 Å². The standard InChI is InChI=1S/C13H13N3O4S/c14-11-6-5-10(7-12(11)17)21(19,20)9-3-1-8(2-4-9)16-13(15)18/h1-7,17H,14H2,(H3,15,16,18). The van der Waals surface area contributed by atoms with Crippen LogP contribution in [0.1, 0.15) is 0 Å². The van der Waals surface area contributed by atoms with Crippen molar-refractivity contribution in [3.8, 4) is 5.75 Å². The zero-order valence-corrected chi connectivity index (χ0v) is 11.6. The summed E-state index contributed by atoms with van der Waals surface area (Å²) in [5, 5.41) is 11.8. The predicted molar refractivity (Wildman–Crippen MR) is 77.6 cm³/mol. The second kappa shape index (κ2) is 5.33. The lowest BCUT2D eigenvalue weighted by Gasteiger charge is -2.07. The largest absolute Gasteiger partial charge is 0.506 e. The molecule has 0 bridgehead atoms. The van der Waals surface area contributed by atoms with E-state index in [2.05, 4.69) is 5.32 Å². The molecule has 0 aliphatic carbocycles. The molecule has 0 spiro atoms. The summed E-state index contributed by atoms with van der Waals surface area (Å²) in [5.74, 6) is -0.303. The minimum atomic E-state index is -3.78. The Morgan fingerprint density at radius 3 is 2.14 bits per heavy atom. The summed E-state index contributed by atoms with van der Waals surface area (Å²) in [5.41, 5.74) is 10.9. The Bertz CT molecular complexity index is 786. The number of hydrogen-bond donors (Lipinski definition) is 4.